The van der Waals surface area contributed by atoms with Crippen LogP contribution >= 0.6 is 0 Å². The number of ether oxygens (including phenoxy) is 1. The maximum absolute atomic E-state index is 11.6. The van der Waals surface area contributed by atoms with Crippen LogP contribution in [-0.2, 0) is 4.79 Å². The second kappa shape index (κ2) is 7.12. The highest BCUT2D eigenvalue weighted by atomic mass is 16.5. The summed E-state index contributed by atoms with van der Waals surface area (Å²) in [4.78, 5) is 13.5. The van der Waals surface area contributed by atoms with Crippen molar-refractivity contribution in [3.63, 3.8) is 0 Å². The van der Waals surface area contributed by atoms with Crippen LogP contribution in [0.15, 0.2) is 24.3 Å². The van der Waals surface area contributed by atoms with E-state index in [0.29, 0.717) is 6.54 Å². The number of nitrogens with one attached hydrogen (secondary N) is 1. The van der Waals surface area contributed by atoms with Gasteiger partial charge in [-0.25, -0.2) is 0 Å². The number of likely N-dealkylation sites (N-methyl/N-ethyl adjacent to an activating group) is 1. The Hall–Kier alpha value is -1.79. The minimum absolute atomic E-state index is 0.0140. The smallest absolute Gasteiger partial charge is 0.258 e. The average Bonchev–Trinajstić information content (AvgIpc) is 2.34. The molecule has 0 aromatic heterocycles. The zero-order valence-electron chi connectivity index (χ0n) is 12.1. The summed E-state index contributed by atoms with van der Waals surface area (Å²) in [6, 6.07) is 6.43. The number of rotatable bonds is 7. The molecule has 0 heterocycles. The number of benzene rings is 1. The van der Waals surface area contributed by atoms with Gasteiger partial charge in [-0.05, 0) is 33.2 Å². The maximum atomic E-state index is 11.6. The van der Waals surface area contributed by atoms with Crippen LogP contribution in [0.5, 0.6) is 11.5 Å². The fourth-order valence-corrected chi connectivity index (χ4v) is 1.80. The van der Waals surface area contributed by atoms with Gasteiger partial charge in [0.25, 0.3) is 5.91 Å². The molecule has 1 unspecified atom stereocenters. The summed E-state index contributed by atoms with van der Waals surface area (Å²) >= 11 is 0. The predicted molar refractivity (Wildman–Crippen MR) is 75.8 cm³/mol. The predicted octanol–water partition coefficient (Wildman–Crippen LogP) is 0.200. The summed E-state index contributed by atoms with van der Waals surface area (Å²) in [6.07, 6.45) is 0. The first-order chi connectivity index (χ1) is 9.30. The molecule has 1 aromatic carbocycles. The number of phenolic OH excluding ortho intramolecular Hbond substituents is 1. The van der Waals surface area contributed by atoms with E-state index in [2.05, 4.69) is 5.32 Å². The number of aliphatic hydroxyl groups is 1. The molecule has 0 aliphatic carbocycles. The van der Waals surface area contributed by atoms with Crippen molar-refractivity contribution >= 4 is 5.91 Å². The number of hydrogen-bond acceptors (Lipinski definition) is 5. The zero-order chi connectivity index (χ0) is 15.2. The highest BCUT2D eigenvalue weighted by Gasteiger charge is 2.22. The van der Waals surface area contributed by atoms with Crippen LogP contribution in [0.2, 0.25) is 0 Å². The van der Waals surface area contributed by atoms with Crippen LogP contribution in [0.3, 0.4) is 0 Å². The van der Waals surface area contributed by atoms with Gasteiger partial charge in [-0.3, -0.25) is 4.79 Å². The lowest BCUT2D eigenvalue weighted by molar-refractivity contribution is -0.124. The third kappa shape index (κ3) is 5.90. The Bertz CT molecular complexity index is 447. The number of hydrogen-bond donors (Lipinski definition) is 3. The lowest BCUT2D eigenvalue weighted by Gasteiger charge is -2.27. The van der Waals surface area contributed by atoms with Gasteiger partial charge in [0.15, 0.2) is 18.1 Å². The molecule has 112 valence electrons. The van der Waals surface area contributed by atoms with Crippen molar-refractivity contribution < 1.29 is 19.7 Å². The van der Waals surface area contributed by atoms with Crippen LogP contribution in [-0.4, -0.2) is 60.4 Å². The molecule has 1 aromatic rings. The van der Waals surface area contributed by atoms with Crippen LogP contribution in [0.25, 0.3) is 0 Å². The first-order valence-electron chi connectivity index (χ1n) is 6.35. The lowest BCUT2D eigenvalue weighted by atomic mass is 10.1. The largest absolute Gasteiger partial charge is 0.504 e. The summed E-state index contributed by atoms with van der Waals surface area (Å²) in [5.74, 6) is -0.116. The van der Waals surface area contributed by atoms with Crippen molar-refractivity contribution in [1.29, 1.82) is 0 Å². The number of para-hydroxylation sites is 2. The first kappa shape index (κ1) is 16.3. The molecule has 1 rings (SSSR count). The van der Waals surface area contributed by atoms with Gasteiger partial charge in [0, 0.05) is 13.1 Å². The first-order valence-corrected chi connectivity index (χ1v) is 6.35. The molecule has 1 atom stereocenters. The van der Waals surface area contributed by atoms with Crippen molar-refractivity contribution in [3.8, 4) is 11.5 Å². The van der Waals surface area contributed by atoms with Gasteiger partial charge in [-0.15, -0.1) is 0 Å². The Morgan fingerprint density at radius 3 is 2.65 bits per heavy atom. The maximum Gasteiger partial charge on any atom is 0.258 e. The second-order valence-electron chi connectivity index (χ2n) is 5.27. The van der Waals surface area contributed by atoms with Crippen LogP contribution in [0, 0.1) is 0 Å². The van der Waals surface area contributed by atoms with E-state index in [4.69, 9.17) is 4.74 Å². The third-order valence-electron chi connectivity index (χ3n) is 2.55. The normalized spacial score (nSPS) is 13.8. The molecular weight excluding hydrogens is 260 g/mol. The Morgan fingerprint density at radius 2 is 2.05 bits per heavy atom. The summed E-state index contributed by atoms with van der Waals surface area (Å²) in [7, 11) is 3.69. The van der Waals surface area contributed by atoms with Gasteiger partial charge >= 0.3 is 0 Å². The topological polar surface area (TPSA) is 82.0 Å². The summed E-state index contributed by atoms with van der Waals surface area (Å²) in [5, 5.41) is 22.1. The standard InChI is InChI=1S/C14H22N2O4/c1-14(19,10-16(2)3)9-15-13(18)8-20-12-7-5-4-6-11(12)17/h4-7,17,19H,8-10H2,1-3H3,(H,15,18). The zero-order valence-corrected chi connectivity index (χ0v) is 12.1. The molecular formula is C14H22N2O4. The molecule has 6 nitrogen and oxygen atoms in total. The van der Waals surface area contributed by atoms with Gasteiger partial charge < -0.3 is 25.2 Å². The van der Waals surface area contributed by atoms with E-state index in [1.807, 2.05) is 19.0 Å². The Morgan fingerprint density at radius 1 is 1.40 bits per heavy atom. The summed E-state index contributed by atoms with van der Waals surface area (Å²) in [6.45, 7) is 2.01. The van der Waals surface area contributed by atoms with Gasteiger partial charge in [0.2, 0.25) is 0 Å². The number of carbonyl (C=O) groups excluding carboxylic acids is 1. The fraction of sp³-hybridized carbons (Fsp3) is 0.500. The van der Waals surface area contributed by atoms with Crippen molar-refractivity contribution in [2.45, 2.75) is 12.5 Å². The molecule has 0 radical (unpaired) electrons. The molecule has 20 heavy (non-hydrogen) atoms. The molecule has 1 amide bonds. The molecule has 0 aliphatic heterocycles. The van der Waals surface area contributed by atoms with E-state index in [-0.39, 0.29) is 30.6 Å². The van der Waals surface area contributed by atoms with Gasteiger partial charge in [-0.2, -0.15) is 0 Å². The Labute approximate surface area is 119 Å². The molecule has 0 spiro atoms. The molecule has 0 saturated carbocycles. The Kier molecular flexibility index (Phi) is 5.79. The molecule has 6 heteroatoms. The third-order valence-corrected chi connectivity index (χ3v) is 2.55. The highest BCUT2D eigenvalue weighted by molar-refractivity contribution is 5.77. The van der Waals surface area contributed by atoms with Crippen molar-refractivity contribution in [3.05, 3.63) is 24.3 Å². The van der Waals surface area contributed by atoms with Crippen molar-refractivity contribution in [1.82, 2.24) is 10.2 Å². The van der Waals surface area contributed by atoms with Crippen molar-refractivity contribution in [2.24, 2.45) is 0 Å². The number of nitrogens with zero attached hydrogens (tertiary/aromatic N) is 1. The Balaban J connectivity index is 2.36. The summed E-state index contributed by atoms with van der Waals surface area (Å²) in [5.41, 5.74) is -1.01. The molecule has 0 fully saturated rings. The minimum atomic E-state index is -1.01. The van der Waals surface area contributed by atoms with Crippen LogP contribution in [0.4, 0.5) is 0 Å². The fourth-order valence-electron chi connectivity index (χ4n) is 1.80. The van der Waals surface area contributed by atoms with E-state index in [9.17, 15) is 15.0 Å². The molecule has 0 aliphatic rings. The minimum Gasteiger partial charge on any atom is -0.504 e. The van der Waals surface area contributed by atoms with E-state index < -0.39 is 5.60 Å². The van der Waals surface area contributed by atoms with Crippen LogP contribution < -0.4 is 10.1 Å². The summed E-state index contributed by atoms with van der Waals surface area (Å²) < 4.78 is 5.19. The highest BCUT2D eigenvalue weighted by Crippen LogP contribution is 2.23. The monoisotopic (exact) mass is 282 g/mol. The number of phenols is 1. The number of aromatic hydroxyl groups is 1. The van der Waals surface area contributed by atoms with Gasteiger partial charge in [0.1, 0.15) is 0 Å². The molecule has 0 saturated heterocycles. The number of amides is 1. The van der Waals surface area contributed by atoms with E-state index in [0.717, 1.165) is 0 Å². The average molecular weight is 282 g/mol. The van der Waals surface area contributed by atoms with Gasteiger partial charge in [-0.1, -0.05) is 12.1 Å². The van der Waals surface area contributed by atoms with E-state index in [1.165, 1.54) is 6.07 Å². The van der Waals surface area contributed by atoms with E-state index >= 15 is 0 Å². The van der Waals surface area contributed by atoms with Crippen LogP contribution in [0.1, 0.15) is 6.92 Å². The van der Waals surface area contributed by atoms with E-state index in [1.54, 1.807) is 25.1 Å². The van der Waals surface area contributed by atoms with Crippen molar-refractivity contribution in [2.75, 3.05) is 33.8 Å². The molecule has 3 N–H and O–H groups in total. The SMILES string of the molecule is CN(C)CC(C)(O)CNC(=O)COc1ccccc1O. The lowest BCUT2D eigenvalue weighted by Crippen LogP contribution is -2.47. The number of carbonyl (C=O) groups is 1. The second-order valence-corrected chi connectivity index (χ2v) is 5.27. The van der Waals surface area contributed by atoms with Gasteiger partial charge in [0.05, 0.1) is 5.60 Å². The molecule has 0 bridgehead atoms. The quantitative estimate of drug-likeness (QED) is 0.665.